The number of aromatic nitrogens is 3. The minimum Gasteiger partial charge on any atom is -0.267 e. The highest BCUT2D eigenvalue weighted by molar-refractivity contribution is 5.99. The molecular weight excluding hydrogens is 411 g/mol. The number of hydrazine groups is 1. The number of rotatable bonds is 3. The van der Waals surface area contributed by atoms with Gasteiger partial charge in [-0.25, -0.2) is 9.67 Å². The first-order valence-corrected chi connectivity index (χ1v) is 9.02. The van der Waals surface area contributed by atoms with Gasteiger partial charge < -0.3 is 0 Å². The van der Waals surface area contributed by atoms with E-state index in [4.69, 9.17) is 0 Å². The zero-order valence-electron chi connectivity index (χ0n) is 15.7. The highest BCUT2D eigenvalue weighted by atomic mass is 19.4. The lowest BCUT2D eigenvalue weighted by molar-refractivity contribution is -0.143. The number of hydrogen-bond donors (Lipinski definition) is 2. The number of halogens is 3. The maximum Gasteiger partial charge on any atom is 0.434 e. The number of nitrogens with zero attached hydrogens (tertiary/aromatic N) is 3. The summed E-state index contributed by atoms with van der Waals surface area (Å²) in [5.41, 5.74) is 2.78. The Balaban J connectivity index is 1.55. The van der Waals surface area contributed by atoms with Crippen molar-refractivity contribution < 1.29 is 22.8 Å². The Hall–Kier alpha value is -4.21. The largest absolute Gasteiger partial charge is 0.434 e. The molecule has 2 heterocycles. The molecule has 0 aliphatic carbocycles. The lowest BCUT2D eigenvalue weighted by atomic mass is 10.2. The van der Waals surface area contributed by atoms with Crippen molar-refractivity contribution in [2.75, 3.05) is 0 Å². The molecule has 0 atom stereocenters. The molecule has 0 saturated carbocycles. The molecule has 0 fully saturated rings. The molecule has 0 radical (unpaired) electrons. The molecule has 2 aromatic carbocycles. The Bertz CT molecular complexity index is 1270. The molecule has 0 aliphatic rings. The van der Waals surface area contributed by atoms with Crippen molar-refractivity contribution >= 4 is 22.7 Å². The van der Waals surface area contributed by atoms with Crippen molar-refractivity contribution in [1.82, 2.24) is 25.6 Å². The Kier molecular flexibility index (Phi) is 5.12. The lowest BCUT2D eigenvalue weighted by Crippen LogP contribution is -2.42. The van der Waals surface area contributed by atoms with Crippen molar-refractivity contribution in [3.05, 3.63) is 89.9 Å². The molecule has 0 unspecified atom stereocenters. The topological polar surface area (TPSA) is 88.9 Å². The summed E-state index contributed by atoms with van der Waals surface area (Å²) in [4.78, 5) is 28.9. The summed E-state index contributed by atoms with van der Waals surface area (Å²) in [5, 5.41) is 4.52. The number of pyridine rings is 1. The van der Waals surface area contributed by atoms with Crippen LogP contribution in [0.2, 0.25) is 0 Å². The molecule has 31 heavy (non-hydrogen) atoms. The number of alkyl halides is 3. The minimum atomic E-state index is -4.86. The Morgan fingerprint density at radius 1 is 0.839 bits per heavy atom. The van der Waals surface area contributed by atoms with E-state index in [0.717, 1.165) is 11.6 Å². The van der Waals surface area contributed by atoms with Crippen LogP contribution in [-0.2, 0) is 6.18 Å². The molecular formula is C21H14F3N5O2. The predicted molar refractivity (Wildman–Crippen MR) is 105 cm³/mol. The highest BCUT2D eigenvalue weighted by Crippen LogP contribution is 2.33. The standard InChI is InChI=1S/C21H14F3N5O2/c22-21(23,24)18-15(12-25-29(18)14-7-2-1-3-8-14)19(30)27-28-20(31)17-11-10-13-6-4-5-9-16(13)26-17/h1-12H,(H,27,30)(H,28,31). The van der Waals surface area contributed by atoms with Crippen LogP contribution in [0.15, 0.2) is 72.9 Å². The number of nitrogens with one attached hydrogen (secondary N) is 2. The van der Waals surface area contributed by atoms with Crippen LogP contribution in [-0.4, -0.2) is 26.6 Å². The summed E-state index contributed by atoms with van der Waals surface area (Å²) in [5.74, 6) is -1.94. The average molecular weight is 425 g/mol. The molecule has 0 aliphatic heterocycles. The molecule has 4 rings (SSSR count). The second-order valence-electron chi connectivity index (χ2n) is 6.45. The van der Waals surface area contributed by atoms with Crippen molar-refractivity contribution in [3.63, 3.8) is 0 Å². The molecule has 10 heteroatoms. The van der Waals surface area contributed by atoms with Gasteiger partial charge in [0.1, 0.15) is 5.69 Å². The summed E-state index contributed by atoms with van der Waals surface area (Å²) in [7, 11) is 0. The van der Waals surface area contributed by atoms with E-state index in [9.17, 15) is 22.8 Å². The van der Waals surface area contributed by atoms with Crippen LogP contribution in [0.4, 0.5) is 13.2 Å². The zero-order chi connectivity index (χ0) is 22.0. The van der Waals surface area contributed by atoms with Gasteiger partial charge in [-0.15, -0.1) is 0 Å². The quantitative estimate of drug-likeness (QED) is 0.492. The van der Waals surface area contributed by atoms with E-state index in [0.29, 0.717) is 10.2 Å². The maximum absolute atomic E-state index is 13.7. The van der Waals surface area contributed by atoms with Gasteiger partial charge in [0.05, 0.1) is 23.0 Å². The van der Waals surface area contributed by atoms with Crippen LogP contribution < -0.4 is 10.9 Å². The van der Waals surface area contributed by atoms with Gasteiger partial charge in [-0.05, 0) is 24.3 Å². The summed E-state index contributed by atoms with van der Waals surface area (Å²) in [6.07, 6.45) is -4.06. The van der Waals surface area contributed by atoms with Crippen molar-refractivity contribution in [2.24, 2.45) is 0 Å². The smallest absolute Gasteiger partial charge is 0.267 e. The van der Waals surface area contributed by atoms with Gasteiger partial charge in [0.2, 0.25) is 0 Å². The average Bonchev–Trinajstić information content (AvgIpc) is 3.23. The van der Waals surface area contributed by atoms with E-state index in [1.165, 1.54) is 18.2 Å². The Labute approximate surface area is 173 Å². The van der Waals surface area contributed by atoms with Gasteiger partial charge in [0.25, 0.3) is 11.8 Å². The van der Waals surface area contributed by atoms with E-state index < -0.39 is 29.2 Å². The van der Waals surface area contributed by atoms with Gasteiger partial charge in [0, 0.05) is 5.39 Å². The fourth-order valence-electron chi connectivity index (χ4n) is 2.99. The molecule has 2 N–H and O–H groups in total. The first-order chi connectivity index (χ1) is 14.8. The van der Waals surface area contributed by atoms with E-state index in [-0.39, 0.29) is 11.4 Å². The van der Waals surface area contributed by atoms with E-state index in [2.05, 4.69) is 15.5 Å². The van der Waals surface area contributed by atoms with Crippen LogP contribution in [0.1, 0.15) is 26.5 Å². The Morgan fingerprint density at radius 2 is 1.52 bits per heavy atom. The first-order valence-electron chi connectivity index (χ1n) is 9.02. The summed E-state index contributed by atoms with van der Waals surface area (Å²) < 4.78 is 41.6. The Morgan fingerprint density at radius 3 is 2.26 bits per heavy atom. The van der Waals surface area contributed by atoms with Crippen LogP contribution in [0.5, 0.6) is 0 Å². The number of amides is 2. The van der Waals surface area contributed by atoms with E-state index in [1.54, 1.807) is 36.4 Å². The SMILES string of the molecule is O=C(NNC(=O)c1cnn(-c2ccccc2)c1C(F)(F)F)c1ccc2ccccc2n1. The normalized spacial score (nSPS) is 11.3. The summed E-state index contributed by atoms with van der Waals surface area (Å²) in [6.45, 7) is 0. The second-order valence-corrected chi connectivity index (χ2v) is 6.45. The van der Waals surface area contributed by atoms with Gasteiger partial charge in [-0.1, -0.05) is 42.5 Å². The van der Waals surface area contributed by atoms with Gasteiger partial charge in [-0.2, -0.15) is 18.3 Å². The van der Waals surface area contributed by atoms with Gasteiger partial charge >= 0.3 is 6.18 Å². The van der Waals surface area contributed by atoms with Gasteiger partial charge in [-0.3, -0.25) is 20.4 Å². The molecule has 2 aromatic heterocycles. The summed E-state index contributed by atoms with van der Waals surface area (Å²) in [6, 6.07) is 17.8. The van der Waals surface area contributed by atoms with Crippen LogP contribution in [0.25, 0.3) is 16.6 Å². The molecule has 0 spiro atoms. The third-order valence-electron chi connectivity index (χ3n) is 4.40. The molecule has 0 saturated heterocycles. The van der Waals surface area contributed by atoms with E-state index >= 15 is 0 Å². The van der Waals surface area contributed by atoms with Crippen LogP contribution >= 0.6 is 0 Å². The second kappa shape index (κ2) is 7.90. The number of hydrogen-bond acceptors (Lipinski definition) is 4. The number of carbonyl (C=O) groups excluding carboxylic acids is 2. The molecule has 0 bridgehead atoms. The number of benzene rings is 2. The zero-order valence-corrected chi connectivity index (χ0v) is 15.7. The number of carbonyl (C=O) groups is 2. The fraction of sp³-hybridized carbons (Fsp3) is 0.0476. The maximum atomic E-state index is 13.7. The first kappa shape index (κ1) is 20.1. The van der Waals surface area contributed by atoms with Crippen LogP contribution in [0, 0.1) is 0 Å². The van der Waals surface area contributed by atoms with Gasteiger partial charge in [0.15, 0.2) is 5.69 Å². The molecule has 7 nitrogen and oxygen atoms in total. The summed E-state index contributed by atoms with van der Waals surface area (Å²) >= 11 is 0. The monoisotopic (exact) mass is 425 g/mol. The third kappa shape index (κ3) is 4.08. The lowest BCUT2D eigenvalue weighted by Gasteiger charge is -2.13. The predicted octanol–water partition coefficient (Wildman–Crippen LogP) is 3.51. The fourth-order valence-corrected chi connectivity index (χ4v) is 2.99. The number of fused-ring (bicyclic) bond motifs is 1. The minimum absolute atomic E-state index is 0.00461. The van der Waals surface area contributed by atoms with Crippen molar-refractivity contribution in [2.45, 2.75) is 6.18 Å². The third-order valence-corrected chi connectivity index (χ3v) is 4.40. The molecule has 4 aromatic rings. The van der Waals surface area contributed by atoms with Crippen LogP contribution in [0.3, 0.4) is 0 Å². The number of para-hydroxylation sites is 2. The molecule has 2 amide bonds. The van der Waals surface area contributed by atoms with E-state index in [1.807, 2.05) is 17.6 Å². The van der Waals surface area contributed by atoms with Crippen molar-refractivity contribution in [3.8, 4) is 5.69 Å². The van der Waals surface area contributed by atoms with Crippen molar-refractivity contribution in [1.29, 1.82) is 0 Å². The molecule has 156 valence electrons. The highest BCUT2D eigenvalue weighted by Gasteiger charge is 2.40.